The Kier molecular flexibility index (Phi) is 5.09. The molecule has 5 heteroatoms. The lowest BCUT2D eigenvalue weighted by atomic mass is 9.73. The van der Waals surface area contributed by atoms with Gasteiger partial charge in [-0.05, 0) is 79.1 Å². The number of pyridine rings is 1. The van der Waals surface area contributed by atoms with Crippen molar-refractivity contribution < 1.29 is 0 Å². The zero-order valence-electron chi connectivity index (χ0n) is 26.6. The number of aromatic nitrogens is 4. The lowest BCUT2D eigenvalue weighted by Crippen LogP contribution is -2.30. The van der Waals surface area contributed by atoms with E-state index >= 15 is 0 Å². The van der Waals surface area contributed by atoms with E-state index in [1.807, 2.05) is 17.8 Å². The van der Waals surface area contributed by atoms with Crippen LogP contribution in [0, 0.1) is 13.8 Å². The van der Waals surface area contributed by atoms with E-state index in [-0.39, 0.29) is 10.8 Å². The van der Waals surface area contributed by atoms with Gasteiger partial charge in [-0.1, -0.05) is 76.2 Å². The molecule has 0 bridgehead atoms. The fourth-order valence-electron chi connectivity index (χ4n) is 8.12. The van der Waals surface area contributed by atoms with Crippen molar-refractivity contribution in [3.8, 4) is 11.5 Å². The first-order valence-electron chi connectivity index (χ1n) is 15.8. The maximum atomic E-state index is 5.01. The highest BCUT2D eigenvalue weighted by Gasteiger charge is 2.40. The molecule has 0 atom stereocenters. The van der Waals surface area contributed by atoms with Crippen LogP contribution in [0.2, 0.25) is 0 Å². The first-order chi connectivity index (χ1) is 21.7. The van der Waals surface area contributed by atoms with Crippen LogP contribution in [0.15, 0.2) is 103 Å². The van der Waals surface area contributed by atoms with E-state index in [0.29, 0.717) is 0 Å². The summed E-state index contributed by atoms with van der Waals surface area (Å²) in [5, 5.41) is 7.35. The number of fused-ring (bicyclic) bond motifs is 7. The molecule has 0 N–H and O–H groups in total. The highest BCUT2D eigenvalue weighted by molar-refractivity contribution is 6.13. The van der Waals surface area contributed by atoms with Gasteiger partial charge in [0.05, 0.1) is 33.8 Å². The normalized spacial score (nSPS) is 15.6. The van der Waals surface area contributed by atoms with Crippen LogP contribution >= 0.6 is 0 Å². The van der Waals surface area contributed by atoms with Crippen molar-refractivity contribution in [3.63, 3.8) is 0 Å². The van der Waals surface area contributed by atoms with Crippen molar-refractivity contribution in [3.05, 3.63) is 137 Å². The Morgan fingerprint density at radius 2 is 1.33 bits per heavy atom. The summed E-state index contributed by atoms with van der Waals surface area (Å²) in [6.07, 6.45) is 1.93. The van der Waals surface area contributed by atoms with Gasteiger partial charge in [0, 0.05) is 44.7 Å². The summed E-state index contributed by atoms with van der Waals surface area (Å²) in [7, 11) is 0. The van der Waals surface area contributed by atoms with Crippen molar-refractivity contribution in [1.29, 1.82) is 0 Å². The number of nitrogens with zero attached hydrogens (tertiary/aromatic N) is 5. The summed E-state index contributed by atoms with van der Waals surface area (Å²) in [6, 6.07) is 35.7. The summed E-state index contributed by atoms with van der Waals surface area (Å²) in [5.41, 5.74) is 14.0. The van der Waals surface area contributed by atoms with Gasteiger partial charge >= 0.3 is 0 Å². The van der Waals surface area contributed by atoms with Gasteiger partial charge in [-0.2, -0.15) is 5.10 Å². The Morgan fingerprint density at radius 1 is 0.600 bits per heavy atom. The van der Waals surface area contributed by atoms with Crippen molar-refractivity contribution in [2.45, 2.75) is 52.4 Å². The first-order valence-corrected chi connectivity index (χ1v) is 15.8. The average Bonchev–Trinajstić information content (AvgIpc) is 3.55. The number of anilines is 3. The van der Waals surface area contributed by atoms with E-state index in [9.17, 15) is 0 Å². The van der Waals surface area contributed by atoms with Crippen LogP contribution in [0.3, 0.4) is 0 Å². The predicted octanol–water partition coefficient (Wildman–Crippen LogP) is 9.73. The van der Waals surface area contributed by atoms with Gasteiger partial charge in [-0.15, -0.1) is 0 Å². The maximum absolute atomic E-state index is 5.01. The van der Waals surface area contributed by atoms with Crippen LogP contribution in [0.1, 0.15) is 61.3 Å². The molecule has 220 valence electrons. The molecule has 0 fully saturated rings. The second-order valence-corrected chi connectivity index (χ2v) is 13.8. The molecule has 2 aliphatic rings. The number of rotatable bonds is 2. The fourth-order valence-corrected chi connectivity index (χ4v) is 8.12. The maximum Gasteiger partial charge on any atom is 0.141 e. The highest BCUT2D eigenvalue weighted by atomic mass is 15.3. The molecule has 0 spiro atoms. The van der Waals surface area contributed by atoms with Gasteiger partial charge in [-0.3, -0.25) is 4.57 Å². The van der Waals surface area contributed by atoms with Gasteiger partial charge in [0.25, 0.3) is 0 Å². The van der Waals surface area contributed by atoms with Gasteiger partial charge in [-0.25, -0.2) is 9.67 Å². The second-order valence-electron chi connectivity index (χ2n) is 13.8. The van der Waals surface area contributed by atoms with E-state index in [0.717, 1.165) is 28.6 Å². The van der Waals surface area contributed by atoms with Crippen molar-refractivity contribution in [2.24, 2.45) is 0 Å². The number of para-hydroxylation sites is 2. The van der Waals surface area contributed by atoms with E-state index < -0.39 is 0 Å². The van der Waals surface area contributed by atoms with Crippen LogP contribution in [0.25, 0.3) is 33.3 Å². The van der Waals surface area contributed by atoms with Crippen LogP contribution in [-0.4, -0.2) is 19.3 Å². The third-order valence-corrected chi connectivity index (χ3v) is 10.3. The SMILES string of the molecule is Cc1cc(C)n(-c2cccc(N3c4ccccc4C(C)(C)c4cc5c6cccc7c6n(c5cc43)-c3ncccc3C7(C)C)c2)n1. The van der Waals surface area contributed by atoms with Crippen molar-refractivity contribution >= 4 is 38.9 Å². The van der Waals surface area contributed by atoms with Crippen LogP contribution in [0.5, 0.6) is 0 Å². The van der Waals surface area contributed by atoms with Gasteiger partial charge in [0.2, 0.25) is 0 Å². The van der Waals surface area contributed by atoms with Gasteiger partial charge in [0.1, 0.15) is 5.82 Å². The lowest BCUT2D eigenvalue weighted by Gasteiger charge is -2.42. The molecular weight excluding hydrogens is 550 g/mol. The molecule has 0 amide bonds. The second kappa shape index (κ2) is 8.72. The summed E-state index contributed by atoms with van der Waals surface area (Å²) < 4.78 is 4.46. The molecule has 0 aliphatic carbocycles. The van der Waals surface area contributed by atoms with Crippen LogP contribution in [0.4, 0.5) is 17.1 Å². The summed E-state index contributed by atoms with van der Waals surface area (Å²) >= 11 is 0. The minimum absolute atomic E-state index is 0.155. The first kappa shape index (κ1) is 26.3. The third-order valence-electron chi connectivity index (χ3n) is 10.3. The number of aryl methyl sites for hydroxylation is 2. The number of hydrogen-bond donors (Lipinski definition) is 0. The van der Waals surface area contributed by atoms with E-state index in [1.165, 1.54) is 55.4 Å². The molecule has 5 nitrogen and oxygen atoms in total. The van der Waals surface area contributed by atoms with Crippen molar-refractivity contribution in [1.82, 2.24) is 19.3 Å². The molecule has 7 aromatic rings. The number of hydrogen-bond acceptors (Lipinski definition) is 3. The average molecular weight is 586 g/mol. The number of benzene rings is 4. The molecule has 2 aliphatic heterocycles. The summed E-state index contributed by atoms with van der Waals surface area (Å²) in [5.74, 6) is 1.02. The molecule has 3 aromatic heterocycles. The molecule has 0 saturated carbocycles. The molecule has 5 heterocycles. The van der Waals surface area contributed by atoms with E-state index in [1.54, 1.807) is 0 Å². The molecule has 0 radical (unpaired) electrons. The largest absolute Gasteiger partial charge is 0.310 e. The molecule has 9 rings (SSSR count). The predicted molar refractivity (Wildman–Crippen MR) is 184 cm³/mol. The minimum Gasteiger partial charge on any atom is -0.310 e. The molecule has 45 heavy (non-hydrogen) atoms. The van der Waals surface area contributed by atoms with E-state index in [4.69, 9.17) is 10.1 Å². The monoisotopic (exact) mass is 585 g/mol. The summed E-state index contributed by atoms with van der Waals surface area (Å²) in [4.78, 5) is 7.46. The Bertz CT molecular complexity index is 2370. The minimum atomic E-state index is -0.203. The van der Waals surface area contributed by atoms with Gasteiger partial charge < -0.3 is 4.90 Å². The van der Waals surface area contributed by atoms with Gasteiger partial charge in [0.15, 0.2) is 0 Å². The van der Waals surface area contributed by atoms with Crippen molar-refractivity contribution in [2.75, 3.05) is 4.90 Å². The topological polar surface area (TPSA) is 38.9 Å². The molecule has 0 unspecified atom stereocenters. The zero-order valence-corrected chi connectivity index (χ0v) is 26.6. The standard InChI is InChI=1S/C40H35N5/c1-24-20-25(2)45(42-24)27-13-9-12-26(21-27)43-34-18-8-7-15-30(34)39(3,4)33-22-29-28-14-10-16-31-37(28)44(35(29)23-36(33)43)38-32(40(31,5)6)17-11-19-41-38/h7-23H,1-6H3. The Morgan fingerprint density at radius 3 is 2.16 bits per heavy atom. The lowest BCUT2D eigenvalue weighted by molar-refractivity contribution is 0.624. The summed E-state index contributed by atoms with van der Waals surface area (Å²) in [6.45, 7) is 13.5. The Balaban J connectivity index is 1.39. The molecule has 0 saturated heterocycles. The fraction of sp³-hybridized carbons (Fsp3) is 0.200. The van der Waals surface area contributed by atoms with Crippen LogP contribution in [-0.2, 0) is 10.8 Å². The third kappa shape index (κ3) is 3.38. The molecule has 4 aromatic carbocycles. The van der Waals surface area contributed by atoms with Crippen LogP contribution < -0.4 is 4.90 Å². The van der Waals surface area contributed by atoms with E-state index in [2.05, 4.69) is 141 Å². The Hall–Kier alpha value is -5.16. The smallest absolute Gasteiger partial charge is 0.141 e. The highest BCUT2D eigenvalue weighted by Crippen LogP contribution is 2.55. The zero-order chi connectivity index (χ0) is 30.8. The molecular formula is C40H35N5. The Labute approximate surface area is 263 Å². The quantitative estimate of drug-likeness (QED) is 0.203.